The first kappa shape index (κ1) is 35.5. The van der Waals surface area contributed by atoms with E-state index in [1.165, 1.54) is 43.7 Å². The average molecular weight is 792 g/mol. The van der Waals surface area contributed by atoms with Gasteiger partial charge in [0.05, 0.1) is 22.1 Å². The average Bonchev–Trinajstić information content (AvgIpc) is 3.88. The van der Waals surface area contributed by atoms with Gasteiger partial charge in [-0.05, 0) is 76.9 Å². The van der Waals surface area contributed by atoms with Gasteiger partial charge in [0.15, 0.2) is 17.5 Å². The van der Waals surface area contributed by atoms with Gasteiger partial charge in [-0.1, -0.05) is 170 Å². The van der Waals surface area contributed by atoms with Crippen LogP contribution in [0.2, 0.25) is 0 Å². The summed E-state index contributed by atoms with van der Waals surface area (Å²) in [7, 11) is 0. The number of benzene rings is 9. The van der Waals surface area contributed by atoms with E-state index in [1.54, 1.807) is 0 Å². The molecule has 0 atom stereocenters. The molecule has 12 rings (SSSR count). The third-order valence-corrected chi connectivity index (χ3v) is 12.0. The maximum Gasteiger partial charge on any atom is 0.164 e. The zero-order valence-electron chi connectivity index (χ0n) is 33.6. The van der Waals surface area contributed by atoms with Crippen molar-refractivity contribution in [1.29, 1.82) is 0 Å². The Morgan fingerprint density at radius 3 is 1.19 bits per heavy atom. The number of para-hydroxylation sites is 3. The van der Waals surface area contributed by atoms with Crippen LogP contribution in [0.15, 0.2) is 224 Å². The van der Waals surface area contributed by atoms with E-state index in [-0.39, 0.29) is 0 Å². The number of fused-ring (bicyclic) bond motifs is 6. The molecule has 0 fully saturated rings. The Bertz CT molecular complexity index is 3570. The van der Waals surface area contributed by atoms with E-state index in [1.807, 2.05) is 60.7 Å². The minimum atomic E-state index is 0.632. The SMILES string of the molecule is c1ccc(-c2nc(-c3ccccc3)nc(-c3cccc(-c4cccc5c4c4ccccc4n5-c4cccc(-c5cccc6c5c5ccccc5n6-c5ccccc5)c4)c3)n2)cc1. The molecule has 5 nitrogen and oxygen atoms in total. The lowest BCUT2D eigenvalue weighted by Crippen LogP contribution is -2.00. The van der Waals surface area contributed by atoms with Crippen LogP contribution in [0.4, 0.5) is 0 Å². The third-order valence-electron chi connectivity index (χ3n) is 12.0. The second-order valence-electron chi connectivity index (χ2n) is 15.6. The van der Waals surface area contributed by atoms with Gasteiger partial charge in [0.25, 0.3) is 0 Å². The lowest BCUT2D eigenvalue weighted by atomic mass is 9.97. The molecular weight excluding hydrogens is 755 g/mol. The standard InChI is InChI=1S/C57H37N5/c1-4-18-38(19-5-1)55-58-56(39-20-6-2-7-21-39)60-57(59-55)42-24-14-22-40(36-42)45-30-16-35-52-53(45)48-29-11-13-33-50(48)62(52)44-27-15-23-41(37-44)46-31-17-34-51-54(46)47-28-10-12-32-49(47)61(51)43-25-8-3-9-26-43/h1-37H. The van der Waals surface area contributed by atoms with Gasteiger partial charge in [-0.15, -0.1) is 0 Å². The lowest BCUT2D eigenvalue weighted by Gasteiger charge is -2.12. The first-order valence-corrected chi connectivity index (χ1v) is 21.0. The second kappa shape index (κ2) is 14.7. The molecular formula is C57H37N5. The molecule has 0 aliphatic heterocycles. The summed E-state index contributed by atoms with van der Waals surface area (Å²) >= 11 is 0. The topological polar surface area (TPSA) is 48.5 Å². The van der Waals surface area contributed by atoms with Crippen molar-refractivity contribution in [2.45, 2.75) is 0 Å². The van der Waals surface area contributed by atoms with Crippen LogP contribution in [0.3, 0.4) is 0 Å². The highest BCUT2D eigenvalue weighted by Gasteiger charge is 2.20. The number of aromatic nitrogens is 5. The molecule has 290 valence electrons. The van der Waals surface area contributed by atoms with Gasteiger partial charge in [-0.25, -0.2) is 15.0 Å². The van der Waals surface area contributed by atoms with Gasteiger partial charge in [0.2, 0.25) is 0 Å². The zero-order chi connectivity index (χ0) is 41.0. The summed E-state index contributed by atoms with van der Waals surface area (Å²) in [4.78, 5) is 15.0. The number of rotatable bonds is 7. The normalized spacial score (nSPS) is 11.5. The summed E-state index contributed by atoms with van der Waals surface area (Å²) < 4.78 is 4.80. The molecule has 12 aromatic rings. The van der Waals surface area contributed by atoms with Crippen molar-refractivity contribution in [3.8, 4) is 67.8 Å². The van der Waals surface area contributed by atoms with Gasteiger partial charge >= 0.3 is 0 Å². The van der Waals surface area contributed by atoms with E-state index in [2.05, 4.69) is 173 Å². The summed E-state index contributed by atoms with van der Waals surface area (Å²) in [6, 6.07) is 79.3. The van der Waals surface area contributed by atoms with Crippen molar-refractivity contribution in [2.75, 3.05) is 0 Å². The Balaban J connectivity index is 1.01. The van der Waals surface area contributed by atoms with Crippen LogP contribution in [-0.4, -0.2) is 24.1 Å². The van der Waals surface area contributed by atoms with Crippen LogP contribution in [0, 0.1) is 0 Å². The number of nitrogens with zero attached hydrogens (tertiary/aromatic N) is 5. The maximum atomic E-state index is 5.05. The van der Waals surface area contributed by atoms with E-state index >= 15 is 0 Å². The van der Waals surface area contributed by atoms with Crippen LogP contribution in [0.5, 0.6) is 0 Å². The Labute approximate surface area is 358 Å². The molecule has 0 spiro atoms. The quantitative estimate of drug-likeness (QED) is 0.162. The first-order chi connectivity index (χ1) is 30.8. The van der Waals surface area contributed by atoms with Crippen LogP contribution < -0.4 is 0 Å². The molecule has 3 heterocycles. The Hall–Kier alpha value is -8.41. The minimum absolute atomic E-state index is 0.632. The molecule has 0 saturated heterocycles. The van der Waals surface area contributed by atoms with Crippen molar-refractivity contribution < 1.29 is 0 Å². The molecule has 0 bridgehead atoms. The molecule has 0 radical (unpaired) electrons. The van der Waals surface area contributed by atoms with Crippen molar-refractivity contribution in [3.05, 3.63) is 224 Å². The van der Waals surface area contributed by atoms with E-state index in [4.69, 9.17) is 15.0 Å². The van der Waals surface area contributed by atoms with E-state index in [9.17, 15) is 0 Å². The van der Waals surface area contributed by atoms with Crippen molar-refractivity contribution >= 4 is 43.6 Å². The fourth-order valence-electron chi connectivity index (χ4n) is 9.23. The van der Waals surface area contributed by atoms with Crippen LogP contribution >= 0.6 is 0 Å². The molecule has 5 heteroatoms. The Morgan fingerprint density at radius 2 is 0.629 bits per heavy atom. The van der Waals surface area contributed by atoms with Gasteiger partial charge in [-0.2, -0.15) is 0 Å². The van der Waals surface area contributed by atoms with Gasteiger partial charge in [-0.3, -0.25) is 0 Å². The molecule has 0 N–H and O–H groups in total. The Morgan fingerprint density at radius 1 is 0.258 bits per heavy atom. The van der Waals surface area contributed by atoms with E-state index in [0.29, 0.717) is 17.5 Å². The molecule has 0 unspecified atom stereocenters. The molecule has 0 aliphatic rings. The Kier molecular flexibility index (Phi) is 8.42. The number of hydrogen-bond acceptors (Lipinski definition) is 3. The van der Waals surface area contributed by atoms with Crippen molar-refractivity contribution in [3.63, 3.8) is 0 Å². The first-order valence-electron chi connectivity index (χ1n) is 21.0. The lowest BCUT2D eigenvalue weighted by molar-refractivity contribution is 1.07. The number of hydrogen-bond donors (Lipinski definition) is 0. The summed E-state index contributed by atoms with van der Waals surface area (Å²) in [5.41, 5.74) is 14.4. The summed E-state index contributed by atoms with van der Waals surface area (Å²) in [5.74, 6) is 1.92. The van der Waals surface area contributed by atoms with Crippen molar-refractivity contribution in [1.82, 2.24) is 24.1 Å². The maximum absolute atomic E-state index is 5.05. The van der Waals surface area contributed by atoms with E-state index < -0.39 is 0 Å². The summed E-state index contributed by atoms with van der Waals surface area (Å²) in [6.07, 6.45) is 0. The van der Waals surface area contributed by atoms with Crippen LogP contribution in [0.1, 0.15) is 0 Å². The fraction of sp³-hybridized carbons (Fsp3) is 0. The highest BCUT2D eigenvalue weighted by molar-refractivity contribution is 6.17. The molecule has 9 aromatic carbocycles. The molecule has 0 aliphatic carbocycles. The van der Waals surface area contributed by atoms with Crippen LogP contribution in [0.25, 0.3) is 111 Å². The highest BCUT2D eigenvalue weighted by atomic mass is 15.0. The largest absolute Gasteiger partial charge is 0.309 e. The molecule has 0 saturated carbocycles. The third kappa shape index (κ3) is 5.90. The smallest absolute Gasteiger partial charge is 0.164 e. The monoisotopic (exact) mass is 791 g/mol. The predicted octanol–water partition coefficient (Wildman–Crippen LogP) is 14.4. The van der Waals surface area contributed by atoms with Crippen LogP contribution in [-0.2, 0) is 0 Å². The summed E-state index contributed by atoms with van der Waals surface area (Å²) in [5, 5.41) is 4.88. The predicted molar refractivity (Wildman–Crippen MR) is 256 cm³/mol. The molecule has 62 heavy (non-hydrogen) atoms. The minimum Gasteiger partial charge on any atom is -0.309 e. The molecule has 3 aromatic heterocycles. The zero-order valence-corrected chi connectivity index (χ0v) is 33.6. The van der Waals surface area contributed by atoms with Gasteiger partial charge in [0, 0.05) is 49.6 Å². The highest BCUT2D eigenvalue weighted by Crippen LogP contribution is 2.42. The van der Waals surface area contributed by atoms with E-state index in [0.717, 1.165) is 50.2 Å². The van der Waals surface area contributed by atoms with Gasteiger partial charge < -0.3 is 9.13 Å². The second-order valence-corrected chi connectivity index (χ2v) is 15.6. The summed E-state index contributed by atoms with van der Waals surface area (Å²) in [6.45, 7) is 0. The molecule has 0 amide bonds. The fourth-order valence-corrected chi connectivity index (χ4v) is 9.23. The van der Waals surface area contributed by atoms with Gasteiger partial charge in [0.1, 0.15) is 0 Å². The van der Waals surface area contributed by atoms with Crippen molar-refractivity contribution in [2.24, 2.45) is 0 Å².